The fourth-order valence-electron chi connectivity index (χ4n) is 3.05. The Bertz CT molecular complexity index is 592. The van der Waals surface area contributed by atoms with Crippen LogP contribution in [0, 0.1) is 19.3 Å². The number of esters is 1. The molecule has 1 saturated carbocycles. The van der Waals surface area contributed by atoms with Crippen molar-refractivity contribution in [1.29, 1.82) is 0 Å². The molecule has 2 nitrogen and oxygen atoms in total. The van der Waals surface area contributed by atoms with E-state index in [1.54, 1.807) is 0 Å². The molecule has 0 aromatic heterocycles. The van der Waals surface area contributed by atoms with Crippen molar-refractivity contribution in [1.82, 2.24) is 0 Å². The molecule has 110 valence electrons. The molecule has 2 heteroatoms. The molecule has 1 aromatic carbocycles. The van der Waals surface area contributed by atoms with E-state index in [2.05, 4.69) is 31.1 Å². The van der Waals surface area contributed by atoms with E-state index in [-0.39, 0.29) is 5.97 Å². The number of benzene rings is 1. The first-order chi connectivity index (χ1) is 10.1. The van der Waals surface area contributed by atoms with Crippen LogP contribution >= 0.6 is 0 Å². The molecule has 0 spiro atoms. The number of ether oxygens (including phenoxy) is 1. The molecule has 2 rings (SSSR count). The van der Waals surface area contributed by atoms with E-state index in [0.717, 1.165) is 31.3 Å². The quantitative estimate of drug-likeness (QED) is 0.611. The summed E-state index contributed by atoms with van der Waals surface area (Å²) in [5.74, 6) is 2.43. The maximum Gasteiger partial charge on any atom is 0.303 e. The van der Waals surface area contributed by atoms with Crippen LogP contribution in [0.25, 0.3) is 6.08 Å². The second-order valence-corrected chi connectivity index (χ2v) is 5.70. The third-order valence-corrected chi connectivity index (χ3v) is 4.11. The second kappa shape index (κ2) is 6.63. The molecule has 0 saturated heterocycles. The summed E-state index contributed by atoms with van der Waals surface area (Å²) in [5, 5.41) is 0. The molecule has 1 fully saturated rings. The number of rotatable bonds is 3. The number of carbonyl (C=O) groups excluding carboxylic acids is 1. The maximum absolute atomic E-state index is 11.5. The van der Waals surface area contributed by atoms with E-state index in [9.17, 15) is 4.79 Å². The molecule has 0 aliphatic heterocycles. The van der Waals surface area contributed by atoms with Crippen LogP contribution in [0.4, 0.5) is 0 Å². The van der Waals surface area contributed by atoms with Gasteiger partial charge in [-0.3, -0.25) is 4.79 Å². The van der Waals surface area contributed by atoms with Gasteiger partial charge in [-0.15, -0.1) is 12.3 Å². The van der Waals surface area contributed by atoms with Gasteiger partial charge in [0, 0.05) is 6.92 Å². The first-order valence-corrected chi connectivity index (χ1v) is 7.47. The van der Waals surface area contributed by atoms with Crippen LogP contribution in [0.2, 0.25) is 0 Å². The molecule has 1 atom stereocenters. The highest BCUT2D eigenvalue weighted by molar-refractivity contribution is 5.68. The number of hydrogen-bond donors (Lipinski definition) is 0. The van der Waals surface area contributed by atoms with Gasteiger partial charge < -0.3 is 4.74 Å². The molecule has 0 radical (unpaired) electrons. The Labute approximate surface area is 127 Å². The van der Waals surface area contributed by atoms with E-state index < -0.39 is 5.60 Å². The van der Waals surface area contributed by atoms with Gasteiger partial charge in [-0.05, 0) is 49.3 Å². The Morgan fingerprint density at radius 1 is 1.43 bits per heavy atom. The fraction of sp³-hybridized carbons (Fsp3) is 0.421. The number of aryl methyl sites for hydroxylation is 1. The minimum absolute atomic E-state index is 0.261. The van der Waals surface area contributed by atoms with E-state index >= 15 is 0 Å². The summed E-state index contributed by atoms with van der Waals surface area (Å²) in [7, 11) is 0. The first-order valence-electron chi connectivity index (χ1n) is 7.47. The van der Waals surface area contributed by atoms with Crippen LogP contribution in [-0.2, 0) is 9.53 Å². The SMILES string of the molecule is C#CCC1(OC(C)=O)CCCC/C1=C\c1ccccc1C. The van der Waals surface area contributed by atoms with Gasteiger partial charge in [0.05, 0.1) is 6.42 Å². The summed E-state index contributed by atoms with van der Waals surface area (Å²) in [5.41, 5.74) is 2.92. The van der Waals surface area contributed by atoms with Crippen molar-refractivity contribution < 1.29 is 9.53 Å². The van der Waals surface area contributed by atoms with Crippen LogP contribution in [0.5, 0.6) is 0 Å². The first kappa shape index (κ1) is 15.4. The number of terminal acetylenes is 1. The summed E-state index contributed by atoms with van der Waals surface area (Å²) >= 11 is 0. The average Bonchev–Trinajstić information content (AvgIpc) is 2.43. The molecule has 1 aliphatic rings. The Balaban J connectivity index is 2.44. The highest BCUT2D eigenvalue weighted by Gasteiger charge is 2.38. The van der Waals surface area contributed by atoms with Crippen LogP contribution < -0.4 is 0 Å². The van der Waals surface area contributed by atoms with Gasteiger partial charge in [0.2, 0.25) is 0 Å². The van der Waals surface area contributed by atoms with Crippen LogP contribution in [0.1, 0.15) is 50.2 Å². The van der Waals surface area contributed by atoms with Gasteiger partial charge in [0.1, 0.15) is 5.60 Å². The summed E-state index contributed by atoms with van der Waals surface area (Å²) < 4.78 is 5.69. The summed E-state index contributed by atoms with van der Waals surface area (Å²) in [6, 6.07) is 8.23. The Hall–Kier alpha value is -2.01. The van der Waals surface area contributed by atoms with Crippen molar-refractivity contribution in [2.45, 2.75) is 51.6 Å². The zero-order valence-electron chi connectivity index (χ0n) is 12.8. The smallest absolute Gasteiger partial charge is 0.303 e. The predicted molar refractivity (Wildman–Crippen MR) is 85.6 cm³/mol. The van der Waals surface area contributed by atoms with Crippen molar-refractivity contribution in [3.05, 3.63) is 41.0 Å². The topological polar surface area (TPSA) is 26.3 Å². The molecule has 0 amide bonds. The largest absolute Gasteiger partial charge is 0.454 e. The second-order valence-electron chi connectivity index (χ2n) is 5.70. The van der Waals surface area contributed by atoms with E-state index in [4.69, 9.17) is 11.2 Å². The lowest BCUT2D eigenvalue weighted by molar-refractivity contribution is -0.154. The van der Waals surface area contributed by atoms with Crippen molar-refractivity contribution in [3.63, 3.8) is 0 Å². The molecule has 21 heavy (non-hydrogen) atoms. The standard InChI is InChI=1S/C19H22O2/c1-4-12-19(21-16(3)20)13-8-7-11-18(19)14-17-10-6-5-9-15(17)2/h1,5-6,9-10,14H,7-8,11-13H2,2-3H3/b18-14+. The monoisotopic (exact) mass is 282 g/mol. The minimum atomic E-state index is -0.610. The van der Waals surface area contributed by atoms with Gasteiger partial charge in [0.15, 0.2) is 0 Å². The Morgan fingerprint density at radius 3 is 2.86 bits per heavy atom. The maximum atomic E-state index is 11.5. The van der Waals surface area contributed by atoms with Crippen LogP contribution in [-0.4, -0.2) is 11.6 Å². The van der Waals surface area contributed by atoms with E-state index in [0.29, 0.717) is 6.42 Å². The molecule has 1 unspecified atom stereocenters. The van der Waals surface area contributed by atoms with Gasteiger partial charge in [-0.25, -0.2) is 0 Å². The average molecular weight is 282 g/mol. The van der Waals surface area contributed by atoms with Crippen molar-refractivity contribution in [2.75, 3.05) is 0 Å². The third-order valence-electron chi connectivity index (χ3n) is 4.11. The zero-order valence-corrected chi connectivity index (χ0v) is 12.8. The lowest BCUT2D eigenvalue weighted by atomic mass is 9.77. The molecule has 0 heterocycles. The summed E-state index contributed by atoms with van der Waals surface area (Å²) in [4.78, 5) is 11.5. The Morgan fingerprint density at radius 2 is 2.19 bits per heavy atom. The Kier molecular flexibility index (Phi) is 4.85. The molecular weight excluding hydrogens is 260 g/mol. The molecule has 1 aromatic rings. The summed E-state index contributed by atoms with van der Waals surface area (Å²) in [6.07, 6.45) is 12.1. The lowest BCUT2D eigenvalue weighted by Crippen LogP contribution is -2.38. The van der Waals surface area contributed by atoms with Gasteiger partial charge in [0.25, 0.3) is 0 Å². The third kappa shape index (κ3) is 3.55. The van der Waals surface area contributed by atoms with Gasteiger partial charge in [-0.2, -0.15) is 0 Å². The normalized spacial score (nSPS) is 23.6. The fourth-order valence-corrected chi connectivity index (χ4v) is 3.05. The molecule has 0 bridgehead atoms. The highest BCUT2D eigenvalue weighted by Crippen LogP contribution is 2.40. The molecule has 0 N–H and O–H groups in total. The van der Waals surface area contributed by atoms with Crippen molar-refractivity contribution in [3.8, 4) is 12.3 Å². The van der Waals surface area contributed by atoms with Crippen molar-refractivity contribution in [2.24, 2.45) is 0 Å². The van der Waals surface area contributed by atoms with Crippen LogP contribution in [0.15, 0.2) is 29.8 Å². The van der Waals surface area contributed by atoms with Crippen molar-refractivity contribution >= 4 is 12.0 Å². The van der Waals surface area contributed by atoms with Gasteiger partial charge in [-0.1, -0.05) is 30.3 Å². The zero-order chi connectivity index (χ0) is 15.3. The molecule has 1 aliphatic carbocycles. The summed E-state index contributed by atoms with van der Waals surface area (Å²) in [6.45, 7) is 3.54. The van der Waals surface area contributed by atoms with E-state index in [1.165, 1.54) is 18.1 Å². The highest BCUT2D eigenvalue weighted by atomic mass is 16.6. The minimum Gasteiger partial charge on any atom is -0.454 e. The lowest BCUT2D eigenvalue weighted by Gasteiger charge is -2.38. The number of carbonyl (C=O) groups is 1. The van der Waals surface area contributed by atoms with Crippen LogP contribution in [0.3, 0.4) is 0 Å². The van der Waals surface area contributed by atoms with E-state index in [1.807, 2.05) is 12.1 Å². The van der Waals surface area contributed by atoms with Gasteiger partial charge >= 0.3 is 5.97 Å². The number of hydrogen-bond acceptors (Lipinski definition) is 2. The predicted octanol–water partition coefficient (Wildman–Crippen LogP) is 4.28. The molecular formula is C19H22O2.